The standard InChI is InChI=1S/C16H20N2O3/c1-3-8-17-16(20)11-18(2)10-13(19)15-9-12-6-4-5-7-14(12)21-15/h4-7,9H,3,8,10-11H2,1-2H3,(H,17,20). The minimum atomic E-state index is -0.128. The predicted octanol–water partition coefficient (Wildman–Crippen LogP) is 2.07. The molecule has 0 aliphatic carbocycles. The van der Waals surface area contributed by atoms with Crippen molar-refractivity contribution in [2.45, 2.75) is 13.3 Å². The van der Waals surface area contributed by atoms with E-state index < -0.39 is 0 Å². The lowest BCUT2D eigenvalue weighted by Crippen LogP contribution is -2.37. The second-order valence-corrected chi connectivity index (χ2v) is 5.09. The highest BCUT2D eigenvalue weighted by Crippen LogP contribution is 2.19. The Morgan fingerprint density at radius 1 is 1.24 bits per heavy atom. The zero-order chi connectivity index (χ0) is 15.2. The third-order valence-corrected chi connectivity index (χ3v) is 3.10. The van der Waals surface area contributed by atoms with Gasteiger partial charge in [0.05, 0.1) is 13.1 Å². The summed E-state index contributed by atoms with van der Waals surface area (Å²) in [6.45, 7) is 3.00. The molecule has 1 aromatic carbocycles. The molecule has 1 aromatic heterocycles. The van der Waals surface area contributed by atoms with E-state index >= 15 is 0 Å². The molecular weight excluding hydrogens is 268 g/mol. The SMILES string of the molecule is CCCNC(=O)CN(C)CC(=O)c1cc2ccccc2o1. The number of ketones is 1. The third-order valence-electron chi connectivity index (χ3n) is 3.10. The third kappa shape index (κ3) is 4.16. The van der Waals surface area contributed by atoms with Crippen molar-refractivity contribution in [3.8, 4) is 0 Å². The topological polar surface area (TPSA) is 62.6 Å². The monoisotopic (exact) mass is 288 g/mol. The molecule has 0 atom stereocenters. The van der Waals surface area contributed by atoms with Gasteiger partial charge in [-0.05, 0) is 25.6 Å². The van der Waals surface area contributed by atoms with Gasteiger partial charge in [-0.2, -0.15) is 0 Å². The highest BCUT2D eigenvalue weighted by molar-refractivity contribution is 5.99. The average molecular weight is 288 g/mol. The van der Waals surface area contributed by atoms with Crippen LogP contribution in [0.4, 0.5) is 0 Å². The van der Waals surface area contributed by atoms with Crippen LogP contribution in [0.1, 0.15) is 23.9 Å². The number of Topliss-reactive ketones (excluding diaryl/α,β-unsaturated/α-hetero) is 1. The molecule has 1 heterocycles. The van der Waals surface area contributed by atoms with Gasteiger partial charge in [0.15, 0.2) is 5.76 Å². The largest absolute Gasteiger partial charge is 0.453 e. The summed E-state index contributed by atoms with van der Waals surface area (Å²) in [5.41, 5.74) is 0.698. The van der Waals surface area contributed by atoms with Gasteiger partial charge in [0.1, 0.15) is 5.58 Å². The van der Waals surface area contributed by atoms with Crippen molar-refractivity contribution in [2.24, 2.45) is 0 Å². The van der Waals surface area contributed by atoms with Crippen molar-refractivity contribution in [3.05, 3.63) is 36.1 Å². The molecular formula is C16H20N2O3. The average Bonchev–Trinajstić information content (AvgIpc) is 2.89. The Bertz CT molecular complexity index is 600. The van der Waals surface area contributed by atoms with Crippen LogP contribution >= 0.6 is 0 Å². The molecule has 0 saturated carbocycles. The molecule has 0 fully saturated rings. The van der Waals surface area contributed by atoms with Crippen LogP contribution < -0.4 is 5.32 Å². The van der Waals surface area contributed by atoms with Crippen LogP contribution in [0.5, 0.6) is 0 Å². The first-order valence-corrected chi connectivity index (χ1v) is 7.07. The lowest BCUT2D eigenvalue weighted by atomic mass is 10.2. The van der Waals surface area contributed by atoms with Gasteiger partial charge >= 0.3 is 0 Å². The molecule has 0 unspecified atom stereocenters. The van der Waals surface area contributed by atoms with Crippen LogP contribution in [0, 0.1) is 0 Å². The van der Waals surface area contributed by atoms with Crippen LogP contribution in [0.2, 0.25) is 0 Å². The first-order valence-electron chi connectivity index (χ1n) is 7.07. The minimum absolute atomic E-state index is 0.0724. The molecule has 2 rings (SSSR count). The Balaban J connectivity index is 1.92. The zero-order valence-corrected chi connectivity index (χ0v) is 12.4. The lowest BCUT2D eigenvalue weighted by Gasteiger charge is -2.14. The number of para-hydroxylation sites is 1. The second kappa shape index (κ2) is 7.04. The molecule has 0 saturated heterocycles. The number of carbonyl (C=O) groups is 2. The molecule has 5 heteroatoms. The quantitative estimate of drug-likeness (QED) is 0.792. The van der Waals surface area contributed by atoms with Gasteiger partial charge in [0, 0.05) is 11.9 Å². The lowest BCUT2D eigenvalue weighted by molar-refractivity contribution is -0.121. The van der Waals surface area contributed by atoms with E-state index in [1.54, 1.807) is 18.0 Å². The number of likely N-dealkylation sites (N-methyl/N-ethyl adjacent to an activating group) is 1. The number of benzene rings is 1. The molecule has 0 aliphatic rings. The summed E-state index contributed by atoms with van der Waals surface area (Å²) >= 11 is 0. The van der Waals surface area contributed by atoms with Crippen molar-refractivity contribution >= 4 is 22.7 Å². The number of nitrogens with zero attached hydrogens (tertiary/aromatic N) is 1. The van der Waals surface area contributed by atoms with Gasteiger partial charge in [-0.15, -0.1) is 0 Å². The van der Waals surface area contributed by atoms with E-state index in [0.717, 1.165) is 11.8 Å². The molecule has 1 N–H and O–H groups in total. The van der Waals surface area contributed by atoms with E-state index in [0.29, 0.717) is 17.9 Å². The Hall–Kier alpha value is -2.14. The first-order chi connectivity index (χ1) is 10.1. The van der Waals surface area contributed by atoms with Crippen molar-refractivity contribution in [1.82, 2.24) is 10.2 Å². The van der Waals surface area contributed by atoms with Crippen molar-refractivity contribution in [3.63, 3.8) is 0 Å². The molecule has 5 nitrogen and oxygen atoms in total. The van der Waals surface area contributed by atoms with E-state index in [9.17, 15) is 9.59 Å². The number of furan rings is 1. The van der Waals surface area contributed by atoms with Crippen molar-refractivity contribution in [1.29, 1.82) is 0 Å². The Labute approximate surface area is 123 Å². The van der Waals surface area contributed by atoms with Gasteiger partial charge in [-0.3, -0.25) is 14.5 Å². The van der Waals surface area contributed by atoms with Crippen LogP contribution in [0.25, 0.3) is 11.0 Å². The second-order valence-electron chi connectivity index (χ2n) is 5.09. The highest BCUT2D eigenvalue weighted by Gasteiger charge is 2.15. The number of hydrogen-bond donors (Lipinski definition) is 1. The van der Waals surface area contributed by atoms with Crippen LogP contribution in [0.3, 0.4) is 0 Å². The van der Waals surface area contributed by atoms with E-state index in [-0.39, 0.29) is 24.8 Å². The molecule has 0 aliphatic heterocycles. The van der Waals surface area contributed by atoms with Gasteiger partial charge in [-0.1, -0.05) is 25.1 Å². The van der Waals surface area contributed by atoms with E-state index in [1.165, 1.54) is 0 Å². The molecule has 21 heavy (non-hydrogen) atoms. The maximum atomic E-state index is 12.2. The summed E-state index contributed by atoms with van der Waals surface area (Å²) in [6.07, 6.45) is 0.896. The number of hydrogen-bond acceptors (Lipinski definition) is 4. The molecule has 112 valence electrons. The highest BCUT2D eigenvalue weighted by atomic mass is 16.3. The normalized spacial score (nSPS) is 11.0. The Morgan fingerprint density at radius 2 is 2.00 bits per heavy atom. The van der Waals surface area contributed by atoms with E-state index in [2.05, 4.69) is 5.32 Å². The zero-order valence-electron chi connectivity index (χ0n) is 12.4. The van der Waals surface area contributed by atoms with Crippen molar-refractivity contribution < 1.29 is 14.0 Å². The summed E-state index contributed by atoms with van der Waals surface area (Å²) in [4.78, 5) is 25.4. The summed E-state index contributed by atoms with van der Waals surface area (Å²) in [5, 5.41) is 3.69. The van der Waals surface area contributed by atoms with Crippen LogP contribution in [0.15, 0.2) is 34.7 Å². The van der Waals surface area contributed by atoms with Crippen molar-refractivity contribution in [2.75, 3.05) is 26.7 Å². The summed E-state index contributed by atoms with van der Waals surface area (Å²) < 4.78 is 5.52. The van der Waals surface area contributed by atoms with Gasteiger partial charge in [0.25, 0.3) is 0 Å². The maximum absolute atomic E-state index is 12.2. The van der Waals surface area contributed by atoms with E-state index in [4.69, 9.17) is 4.42 Å². The van der Waals surface area contributed by atoms with E-state index in [1.807, 2.05) is 31.2 Å². The fraction of sp³-hybridized carbons (Fsp3) is 0.375. The van der Waals surface area contributed by atoms with Gasteiger partial charge < -0.3 is 9.73 Å². The number of fused-ring (bicyclic) bond motifs is 1. The maximum Gasteiger partial charge on any atom is 0.234 e. The van der Waals surface area contributed by atoms with Gasteiger partial charge in [-0.25, -0.2) is 0 Å². The number of rotatable bonds is 7. The Morgan fingerprint density at radius 3 is 2.71 bits per heavy atom. The number of carbonyl (C=O) groups excluding carboxylic acids is 2. The molecule has 2 aromatic rings. The van der Waals surface area contributed by atoms with Gasteiger partial charge in [0.2, 0.25) is 11.7 Å². The number of nitrogens with one attached hydrogen (secondary N) is 1. The molecule has 0 spiro atoms. The summed E-state index contributed by atoms with van der Waals surface area (Å²) in [5.74, 6) is 0.130. The fourth-order valence-corrected chi connectivity index (χ4v) is 2.06. The Kier molecular flexibility index (Phi) is 5.11. The molecule has 1 amide bonds. The predicted molar refractivity (Wildman–Crippen MR) is 81.3 cm³/mol. The summed E-state index contributed by atoms with van der Waals surface area (Å²) in [6, 6.07) is 9.23. The summed E-state index contributed by atoms with van der Waals surface area (Å²) in [7, 11) is 1.74. The van der Waals surface area contributed by atoms with Crippen LogP contribution in [-0.4, -0.2) is 43.3 Å². The minimum Gasteiger partial charge on any atom is -0.453 e. The smallest absolute Gasteiger partial charge is 0.234 e. The fourth-order valence-electron chi connectivity index (χ4n) is 2.06. The molecule has 0 radical (unpaired) electrons. The van der Waals surface area contributed by atoms with Crippen LogP contribution in [-0.2, 0) is 4.79 Å². The molecule has 0 bridgehead atoms. The number of amides is 1. The first kappa shape index (κ1) is 15.3.